The van der Waals surface area contributed by atoms with Gasteiger partial charge in [-0.2, -0.15) is 0 Å². The van der Waals surface area contributed by atoms with Crippen LogP contribution in [-0.2, 0) is 17.8 Å². The van der Waals surface area contributed by atoms with Crippen molar-refractivity contribution < 1.29 is 13.9 Å². The van der Waals surface area contributed by atoms with Crippen molar-refractivity contribution in [2.24, 2.45) is 0 Å². The lowest BCUT2D eigenvalue weighted by Crippen LogP contribution is -2.11. The molecule has 0 spiro atoms. The number of hydrogen-bond acceptors (Lipinski definition) is 5. The summed E-state index contributed by atoms with van der Waals surface area (Å²) in [6.07, 6.45) is 1.13. The van der Waals surface area contributed by atoms with Crippen LogP contribution in [-0.4, -0.2) is 17.7 Å². The van der Waals surface area contributed by atoms with Crippen LogP contribution < -0.4 is 4.74 Å². The summed E-state index contributed by atoms with van der Waals surface area (Å²) in [4.78, 5) is 5.58. The third-order valence-corrected chi connectivity index (χ3v) is 4.76. The smallest absolute Gasteiger partial charge is 0.236 e. The molecular weight excluding hydrogens is 334 g/mol. The lowest BCUT2D eigenvalue weighted by molar-refractivity contribution is 0.0768. The van der Waals surface area contributed by atoms with E-state index in [1.165, 1.54) is 5.56 Å². The first-order valence-electron chi connectivity index (χ1n) is 8.49. The Balaban J connectivity index is 1.58. The average Bonchev–Trinajstić information content (AvgIpc) is 3.24. The number of aromatic nitrogens is 1. The van der Waals surface area contributed by atoms with E-state index >= 15 is 0 Å². The molecule has 2 heterocycles. The quantitative estimate of drug-likeness (QED) is 0.552. The van der Waals surface area contributed by atoms with Crippen molar-refractivity contribution >= 4 is 11.3 Å². The van der Waals surface area contributed by atoms with Crippen molar-refractivity contribution in [2.45, 2.75) is 39.9 Å². The standard InChI is InChI=1S/C20H23NO3S/c1-4-22-14(2)12-16-7-9-17(10-8-16)23-13-18-15(3)24-20(21-18)19-6-5-11-25-19/h5-11,14H,4,12-13H2,1-3H3/t14-/m0/s1. The minimum atomic E-state index is 0.227. The first-order chi connectivity index (χ1) is 12.2. The van der Waals surface area contributed by atoms with Crippen molar-refractivity contribution in [3.05, 3.63) is 58.8 Å². The zero-order valence-corrected chi connectivity index (χ0v) is 15.6. The molecule has 0 N–H and O–H groups in total. The molecule has 0 fully saturated rings. The van der Waals surface area contributed by atoms with Crippen LogP contribution >= 0.6 is 11.3 Å². The van der Waals surface area contributed by atoms with Crippen LogP contribution in [0.25, 0.3) is 10.8 Å². The van der Waals surface area contributed by atoms with E-state index in [2.05, 4.69) is 24.0 Å². The maximum Gasteiger partial charge on any atom is 0.236 e. The van der Waals surface area contributed by atoms with Crippen molar-refractivity contribution in [1.29, 1.82) is 0 Å². The second-order valence-electron chi connectivity index (χ2n) is 5.90. The van der Waals surface area contributed by atoms with Crippen molar-refractivity contribution in [2.75, 3.05) is 6.61 Å². The molecule has 0 bridgehead atoms. The Morgan fingerprint density at radius 2 is 2.00 bits per heavy atom. The zero-order chi connectivity index (χ0) is 17.6. The Morgan fingerprint density at radius 3 is 2.68 bits per heavy atom. The Hall–Kier alpha value is -2.11. The number of aryl methyl sites for hydroxylation is 1. The van der Waals surface area contributed by atoms with Gasteiger partial charge in [-0.15, -0.1) is 11.3 Å². The molecule has 0 aliphatic rings. The highest BCUT2D eigenvalue weighted by atomic mass is 32.1. The van der Waals surface area contributed by atoms with Crippen LogP contribution in [0.4, 0.5) is 0 Å². The van der Waals surface area contributed by atoms with Crippen LogP contribution in [0.3, 0.4) is 0 Å². The van der Waals surface area contributed by atoms with E-state index in [9.17, 15) is 0 Å². The second kappa shape index (κ2) is 8.32. The fourth-order valence-corrected chi connectivity index (χ4v) is 3.27. The Labute approximate surface area is 152 Å². The van der Waals surface area contributed by atoms with Gasteiger partial charge < -0.3 is 13.9 Å². The summed E-state index contributed by atoms with van der Waals surface area (Å²) >= 11 is 1.61. The summed E-state index contributed by atoms with van der Waals surface area (Å²) in [7, 11) is 0. The van der Waals surface area contributed by atoms with Crippen LogP contribution in [0.5, 0.6) is 5.75 Å². The number of ether oxygens (including phenoxy) is 2. The van der Waals surface area contributed by atoms with Crippen molar-refractivity contribution in [3.8, 4) is 16.5 Å². The maximum absolute atomic E-state index is 5.86. The van der Waals surface area contributed by atoms with Crippen LogP contribution in [0, 0.1) is 6.92 Å². The van der Waals surface area contributed by atoms with E-state index in [1.54, 1.807) is 11.3 Å². The van der Waals surface area contributed by atoms with E-state index in [1.807, 2.05) is 43.5 Å². The largest absolute Gasteiger partial charge is 0.487 e. The van der Waals surface area contributed by atoms with Crippen molar-refractivity contribution in [1.82, 2.24) is 4.98 Å². The van der Waals surface area contributed by atoms with Crippen LogP contribution in [0.1, 0.15) is 30.9 Å². The predicted molar refractivity (Wildman–Crippen MR) is 100 cm³/mol. The highest BCUT2D eigenvalue weighted by Gasteiger charge is 2.12. The molecule has 0 unspecified atom stereocenters. The molecule has 0 saturated carbocycles. The highest BCUT2D eigenvalue weighted by molar-refractivity contribution is 7.13. The molecule has 5 heteroatoms. The van der Waals surface area contributed by atoms with Gasteiger partial charge in [0.25, 0.3) is 0 Å². The Bertz CT molecular complexity index is 778. The van der Waals surface area contributed by atoms with Gasteiger partial charge in [0.2, 0.25) is 5.89 Å². The lowest BCUT2D eigenvalue weighted by Gasteiger charge is -2.12. The van der Waals surface area contributed by atoms with Gasteiger partial charge in [0.1, 0.15) is 23.8 Å². The van der Waals surface area contributed by atoms with E-state index in [0.29, 0.717) is 12.5 Å². The SMILES string of the molecule is CCO[C@@H](C)Cc1ccc(OCc2nc(-c3cccs3)oc2C)cc1. The number of benzene rings is 1. The van der Waals surface area contributed by atoms with E-state index < -0.39 is 0 Å². The van der Waals surface area contributed by atoms with E-state index in [4.69, 9.17) is 13.9 Å². The monoisotopic (exact) mass is 357 g/mol. The first-order valence-corrected chi connectivity index (χ1v) is 9.37. The summed E-state index contributed by atoms with van der Waals surface area (Å²) in [6, 6.07) is 12.1. The number of thiophene rings is 1. The van der Waals surface area contributed by atoms with Gasteiger partial charge in [-0.05, 0) is 56.3 Å². The molecule has 1 atom stereocenters. The Morgan fingerprint density at radius 1 is 1.20 bits per heavy atom. The molecule has 132 valence electrons. The lowest BCUT2D eigenvalue weighted by atomic mass is 10.1. The maximum atomic E-state index is 5.86. The highest BCUT2D eigenvalue weighted by Crippen LogP contribution is 2.26. The summed E-state index contributed by atoms with van der Waals surface area (Å²) in [5.74, 6) is 2.28. The molecule has 4 nitrogen and oxygen atoms in total. The van der Waals surface area contributed by atoms with Crippen LogP contribution in [0.15, 0.2) is 46.2 Å². The van der Waals surface area contributed by atoms with Gasteiger partial charge in [-0.1, -0.05) is 18.2 Å². The molecule has 0 radical (unpaired) electrons. The summed E-state index contributed by atoms with van der Waals surface area (Å²) in [5, 5.41) is 2.01. The second-order valence-corrected chi connectivity index (χ2v) is 6.85. The number of nitrogens with zero attached hydrogens (tertiary/aromatic N) is 1. The molecule has 0 amide bonds. The molecule has 3 aromatic rings. The third-order valence-electron chi connectivity index (χ3n) is 3.90. The molecule has 3 rings (SSSR count). The van der Waals surface area contributed by atoms with Gasteiger partial charge in [-0.3, -0.25) is 0 Å². The topological polar surface area (TPSA) is 44.5 Å². The molecule has 1 aromatic carbocycles. The number of oxazole rings is 1. The number of rotatable bonds is 8. The first kappa shape index (κ1) is 17.7. The summed E-state index contributed by atoms with van der Waals surface area (Å²) in [6.45, 7) is 7.17. The van der Waals surface area contributed by atoms with Crippen LogP contribution in [0.2, 0.25) is 0 Å². The molecule has 2 aromatic heterocycles. The molecule has 0 aliphatic carbocycles. The van der Waals surface area contributed by atoms with Gasteiger partial charge in [0.05, 0.1) is 11.0 Å². The molecule has 0 saturated heterocycles. The zero-order valence-electron chi connectivity index (χ0n) is 14.8. The van der Waals surface area contributed by atoms with Gasteiger partial charge in [0.15, 0.2) is 0 Å². The average molecular weight is 357 g/mol. The van der Waals surface area contributed by atoms with E-state index in [-0.39, 0.29) is 6.10 Å². The predicted octanol–water partition coefficient (Wildman–Crippen LogP) is 5.26. The molecular formula is C20H23NO3S. The van der Waals surface area contributed by atoms with Gasteiger partial charge >= 0.3 is 0 Å². The molecule has 0 aliphatic heterocycles. The molecule has 25 heavy (non-hydrogen) atoms. The van der Waals surface area contributed by atoms with E-state index in [0.717, 1.165) is 35.1 Å². The minimum absolute atomic E-state index is 0.227. The normalized spacial score (nSPS) is 12.3. The minimum Gasteiger partial charge on any atom is -0.487 e. The Kier molecular flexibility index (Phi) is 5.89. The number of hydrogen-bond donors (Lipinski definition) is 0. The third kappa shape index (κ3) is 4.71. The van der Waals surface area contributed by atoms with Gasteiger partial charge in [-0.25, -0.2) is 4.98 Å². The summed E-state index contributed by atoms with van der Waals surface area (Å²) < 4.78 is 17.2. The fraction of sp³-hybridized carbons (Fsp3) is 0.350. The fourth-order valence-electron chi connectivity index (χ4n) is 2.62. The summed E-state index contributed by atoms with van der Waals surface area (Å²) in [5.41, 5.74) is 2.07. The van der Waals surface area contributed by atoms with Crippen molar-refractivity contribution in [3.63, 3.8) is 0 Å². The van der Waals surface area contributed by atoms with Gasteiger partial charge in [0, 0.05) is 6.61 Å².